The first-order valence-electron chi connectivity index (χ1n) is 10.0. The van der Waals surface area contributed by atoms with Gasteiger partial charge in [-0.05, 0) is 45.7 Å². The molecule has 0 saturated heterocycles. The Kier molecular flexibility index (Phi) is 8.35. The van der Waals surface area contributed by atoms with E-state index in [1.54, 1.807) is 16.9 Å². The van der Waals surface area contributed by atoms with E-state index in [-0.39, 0.29) is 30.3 Å². The third-order valence-electron chi connectivity index (χ3n) is 5.23. The van der Waals surface area contributed by atoms with Gasteiger partial charge in [0.25, 0.3) is 0 Å². The summed E-state index contributed by atoms with van der Waals surface area (Å²) in [6, 6.07) is 3.77. The Morgan fingerprint density at radius 2 is 1.93 bits per heavy atom. The third-order valence-corrected chi connectivity index (χ3v) is 5.23. The SMILES string of the molecule is COCCN(Cc1ccc(C)o1)C(=O)CN(C(=O)C1CCCCC1)C(C)C. The molecule has 1 heterocycles. The molecular weight excluding hydrogens is 344 g/mol. The van der Waals surface area contributed by atoms with Crippen molar-refractivity contribution in [1.82, 2.24) is 9.80 Å². The first-order chi connectivity index (χ1) is 12.9. The topological polar surface area (TPSA) is 63.0 Å². The quantitative estimate of drug-likeness (QED) is 0.661. The second-order valence-electron chi connectivity index (χ2n) is 7.72. The third kappa shape index (κ3) is 6.38. The molecule has 0 bridgehead atoms. The van der Waals surface area contributed by atoms with Crippen molar-refractivity contribution in [3.63, 3.8) is 0 Å². The van der Waals surface area contributed by atoms with E-state index in [1.165, 1.54) is 6.42 Å². The number of carbonyl (C=O) groups excluding carboxylic acids is 2. The maximum absolute atomic E-state index is 13.0. The van der Waals surface area contributed by atoms with E-state index in [4.69, 9.17) is 9.15 Å². The molecule has 6 nitrogen and oxygen atoms in total. The molecular formula is C21H34N2O4. The highest BCUT2D eigenvalue weighted by atomic mass is 16.5. The Morgan fingerprint density at radius 1 is 1.22 bits per heavy atom. The second kappa shape index (κ2) is 10.5. The minimum atomic E-state index is -0.0704. The molecule has 1 aromatic heterocycles. The van der Waals surface area contributed by atoms with Crippen LogP contribution in [0.1, 0.15) is 57.5 Å². The summed E-state index contributed by atoms with van der Waals surface area (Å²) in [6.07, 6.45) is 5.30. The number of nitrogens with zero attached hydrogens (tertiary/aromatic N) is 2. The van der Waals surface area contributed by atoms with Crippen LogP contribution in [0, 0.1) is 12.8 Å². The van der Waals surface area contributed by atoms with Crippen LogP contribution in [0.5, 0.6) is 0 Å². The summed E-state index contributed by atoms with van der Waals surface area (Å²) >= 11 is 0. The van der Waals surface area contributed by atoms with Crippen LogP contribution in [0.4, 0.5) is 0 Å². The molecule has 1 fully saturated rings. The van der Waals surface area contributed by atoms with Crippen molar-refractivity contribution in [1.29, 1.82) is 0 Å². The molecule has 0 atom stereocenters. The van der Waals surface area contributed by atoms with E-state index in [9.17, 15) is 9.59 Å². The van der Waals surface area contributed by atoms with Crippen molar-refractivity contribution in [3.8, 4) is 0 Å². The normalized spacial score (nSPS) is 15.1. The molecule has 1 saturated carbocycles. The number of amides is 2. The standard InChI is InChI=1S/C21H34N2O4/c1-16(2)23(21(25)18-8-6-5-7-9-18)15-20(24)22(12-13-26-4)14-19-11-10-17(3)27-19/h10-11,16,18H,5-9,12-15H2,1-4H3. The van der Waals surface area contributed by atoms with Gasteiger partial charge in [-0.3, -0.25) is 9.59 Å². The maximum Gasteiger partial charge on any atom is 0.242 e. The Hall–Kier alpha value is -1.82. The van der Waals surface area contributed by atoms with Crippen LogP contribution < -0.4 is 0 Å². The number of hydrogen-bond donors (Lipinski definition) is 0. The fourth-order valence-electron chi connectivity index (χ4n) is 3.60. The van der Waals surface area contributed by atoms with Crippen molar-refractivity contribution in [2.45, 2.75) is 65.5 Å². The first kappa shape index (κ1) is 21.5. The summed E-state index contributed by atoms with van der Waals surface area (Å²) in [5.74, 6) is 1.68. The number of ether oxygens (including phenoxy) is 1. The molecule has 0 unspecified atom stereocenters. The van der Waals surface area contributed by atoms with Crippen LogP contribution in [0.3, 0.4) is 0 Å². The highest BCUT2D eigenvalue weighted by Gasteiger charge is 2.30. The molecule has 0 spiro atoms. The zero-order valence-electron chi connectivity index (χ0n) is 17.2. The van der Waals surface area contributed by atoms with Gasteiger partial charge in [0.2, 0.25) is 11.8 Å². The molecule has 1 aliphatic carbocycles. The average Bonchev–Trinajstić information content (AvgIpc) is 3.07. The van der Waals surface area contributed by atoms with Crippen LogP contribution in [0.15, 0.2) is 16.5 Å². The lowest BCUT2D eigenvalue weighted by atomic mass is 9.88. The molecule has 1 aromatic rings. The highest BCUT2D eigenvalue weighted by molar-refractivity contribution is 5.86. The second-order valence-corrected chi connectivity index (χ2v) is 7.72. The predicted molar refractivity (Wildman–Crippen MR) is 104 cm³/mol. The summed E-state index contributed by atoms with van der Waals surface area (Å²) in [4.78, 5) is 29.4. The van der Waals surface area contributed by atoms with E-state index >= 15 is 0 Å². The van der Waals surface area contributed by atoms with Crippen LogP contribution >= 0.6 is 0 Å². The van der Waals surface area contributed by atoms with Gasteiger partial charge in [-0.1, -0.05) is 19.3 Å². The summed E-state index contributed by atoms with van der Waals surface area (Å²) in [6.45, 7) is 7.25. The first-order valence-corrected chi connectivity index (χ1v) is 10.0. The highest BCUT2D eigenvalue weighted by Crippen LogP contribution is 2.26. The van der Waals surface area contributed by atoms with Gasteiger partial charge in [0.15, 0.2) is 0 Å². The number of furan rings is 1. The Bertz CT molecular complexity index is 605. The number of methoxy groups -OCH3 is 1. The summed E-state index contributed by atoms with van der Waals surface area (Å²) in [5.41, 5.74) is 0. The Balaban J connectivity index is 2.05. The molecule has 0 aliphatic heterocycles. The zero-order chi connectivity index (χ0) is 19.8. The van der Waals surface area contributed by atoms with E-state index in [0.29, 0.717) is 19.7 Å². The molecule has 0 radical (unpaired) electrons. The molecule has 0 aromatic carbocycles. The predicted octanol–water partition coefficient (Wildman–Crippen LogP) is 3.38. The lowest BCUT2D eigenvalue weighted by molar-refractivity contribution is -0.146. The average molecular weight is 379 g/mol. The van der Waals surface area contributed by atoms with Gasteiger partial charge in [0.05, 0.1) is 19.7 Å². The van der Waals surface area contributed by atoms with E-state index < -0.39 is 0 Å². The van der Waals surface area contributed by atoms with Crippen LogP contribution in [0.25, 0.3) is 0 Å². The molecule has 1 aliphatic rings. The number of carbonyl (C=O) groups is 2. The van der Waals surface area contributed by atoms with Crippen LogP contribution in [0.2, 0.25) is 0 Å². The number of hydrogen-bond acceptors (Lipinski definition) is 4. The lowest BCUT2D eigenvalue weighted by Gasteiger charge is -2.33. The van der Waals surface area contributed by atoms with Gasteiger partial charge in [0, 0.05) is 25.6 Å². The summed E-state index contributed by atoms with van der Waals surface area (Å²) in [7, 11) is 1.62. The summed E-state index contributed by atoms with van der Waals surface area (Å²) in [5, 5.41) is 0. The summed E-state index contributed by atoms with van der Waals surface area (Å²) < 4.78 is 10.8. The van der Waals surface area contributed by atoms with Gasteiger partial charge in [0.1, 0.15) is 11.5 Å². The van der Waals surface area contributed by atoms with Gasteiger partial charge >= 0.3 is 0 Å². The lowest BCUT2D eigenvalue weighted by Crippen LogP contribution is -2.48. The van der Waals surface area contributed by atoms with E-state index in [1.807, 2.05) is 32.9 Å². The van der Waals surface area contributed by atoms with Crippen molar-refractivity contribution >= 4 is 11.8 Å². The number of aryl methyl sites for hydroxylation is 1. The van der Waals surface area contributed by atoms with Crippen molar-refractivity contribution in [2.24, 2.45) is 5.92 Å². The van der Waals surface area contributed by atoms with Crippen molar-refractivity contribution in [2.75, 3.05) is 26.8 Å². The fourth-order valence-corrected chi connectivity index (χ4v) is 3.60. The number of rotatable bonds is 9. The zero-order valence-corrected chi connectivity index (χ0v) is 17.2. The largest absolute Gasteiger partial charge is 0.464 e. The van der Waals surface area contributed by atoms with Crippen molar-refractivity contribution in [3.05, 3.63) is 23.7 Å². The van der Waals surface area contributed by atoms with Gasteiger partial charge in [-0.15, -0.1) is 0 Å². The van der Waals surface area contributed by atoms with Crippen molar-refractivity contribution < 1.29 is 18.7 Å². The van der Waals surface area contributed by atoms with Crippen LogP contribution in [-0.2, 0) is 20.9 Å². The molecule has 0 N–H and O–H groups in total. The molecule has 27 heavy (non-hydrogen) atoms. The molecule has 152 valence electrons. The maximum atomic E-state index is 13.0. The monoisotopic (exact) mass is 378 g/mol. The molecule has 6 heteroatoms. The van der Waals surface area contributed by atoms with Gasteiger partial charge in [-0.2, -0.15) is 0 Å². The Labute approximate surface area is 162 Å². The minimum Gasteiger partial charge on any atom is -0.464 e. The molecule has 2 rings (SSSR count). The fraction of sp³-hybridized carbons (Fsp3) is 0.714. The van der Waals surface area contributed by atoms with Gasteiger partial charge in [-0.25, -0.2) is 0 Å². The van der Waals surface area contributed by atoms with E-state index in [0.717, 1.165) is 37.2 Å². The van der Waals surface area contributed by atoms with E-state index in [2.05, 4.69) is 0 Å². The Morgan fingerprint density at radius 3 is 2.48 bits per heavy atom. The van der Waals surface area contributed by atoms with Gasteiger partial charge < -0.3 is 19.0 Å². The minimum absolute atomic E-state index is 0.00138. The molecule has 2 amide bonds. The smallest absolute Gasteiger partial charge is 0.242 e. The van der Waals surface area contributed by atoms with Crippen LogP contribution in [-0.4, -0.2) is 54.5 Å².